The first kappa shape index (κ1) is 7.61. The Labute approximate surface area is 65.2 Å². The fourth-order valence-corrected chi connectivity index (χ4v) is 0.904. The molecular weight excluding hydrogens is 170 g/mol. The van der Waals surface area contributed by atoms with Crippen molar-refractivity contribution in [2.45, 2.75) is 0 Å². The average molecular weight is 173 g/mol. The highest BCUT2D eigenvalue weighted by Crippen LogP contribution is 2.11. The van der Waals surface area contributed by atoms with Crippen molar-refractivity contribution in [1.29, 1.82) is 0 Å². The van der Waals surface area contributed by atoms with Crippen molar-refractivity contribution in [2.75, 3.05) is 0 Å². The van der Waals surface area contributed by atoms with Gasteiger partial charge in [-0.3, -0.25) is 9.59 Å². The molecule has 7 heteroatoms. The van der Waals surface area contributed by atoms with E-state index in [1.54, 1.807) is 0 Å². The van der Waals surface area contributed by atoms with Crippen LogP contribution in [0.15, 0.2) is 0 Å². The summed E-state index contributed by atoms with van der Waals surface area (Å²) in [6, 6.07) is 0. The van der Waals surface area contributed by atoms with Gasteiger partial charge in [-0.2, -0.15) is 9.36 Å². The Hall–Kier alpha value is -1.50. The number of nitrogens with zero attached hydrogens (tertiary/aromatic N) is 2. The lowest BCUT2D eigenvalue weighted by atomic mass is 10.6. The summed E-state index contributed by atoms with van der Waals surface area (Å²) in [5.41, 5.74) is 4.82. The molecule has 11 heavy (non-hydrogen) atoms. The van der Waals surface area contributed by atoms with Crippen LogP contribution in [-0.2, 0) is 4.79 Å². The average Bonchev–Trinajstić information content (AvgIpc) is 2.37. The Kier molecular flexibility index (Phi) is 2.12. The fourth-order valence-electron chi connectivity index (χ4n) is 0.399. The number of hydrogen-bond acceptors (Lipinski definition) is 6. The highest BCUT2D eigenvalue weighted by Gasteiger charge is 2.08. The van der Waals surface area contributed by atoms with E-state index in [-0.39, 0.29) is 17.5 Å². The first-order valence-corrected chi connectivity index (χ1v) is 3.25. The molecule has 0 atom stereocenters. The number of ether oxygens (including phenoxy) is 1. The van der Waals surface area contributed by atoms with E-state index in [0.717, 1.165) is 11.5 Å². The van der Waals surface area contributed by atoms with E-state index in [1.165, 1.54) is 0 Å². The minimum atomic E-state index is -0.748. The lowest BCUT2D eigenvalue weighted by Crippen LogP contribution is -2.12. The van der Waals surface area contributed by atoms with Crippen LogP contribution in [0.25, 0.3) is 0 Å². The monoisotopic (exact) mass is 173 g/mol. The molecule has 0 saturated carbocycles. The number of nitrogens with two attached hydrogens (primary N) is 1. The summed E-state index contributed by atoms with van der Waals surface area (Å²) >= 11 is 0.787. The minimum Gasteiger partial charge on any atom is -0.399 e. The van der Waals surface area contributed by atoms with E-state index in [9.17, 15) is 9.59 Å². The van der Waals surface area contributed by atoms with Crippen LogP contribution < -0.4 is 10.5 Å². The maximum atomic E-state index is 10.4. The Morgan fingerprint density at radius 2 is 2.45 bits per heavy atom. The standard InChI is InChI=1S/C4H3N3O3S/c5-2(9)3-6-4(10-1-8)11-7-3/h1H,(H2,5,9). The number of carbonyl (C=O) groups is 2. The van der Waals surface area contributed by atoms with Crippen molar-refractivity contribution in [3.8, 4) is 5.19 Å². The summed E-state index contributed by atoms with van der Waals surface area (Å²) < 4.78 is 7.80. The van der Waals surface area contributed by atoms with Gasteiger partial charge in [0.2, 0.25) is 5.82 Å². The van der Waals surface area contributed by atoms with Crippen LogP contribution in [0, 0.1) is 0 Å². The molecule has 0 aliphatic rings. The first-order valence-electron chi connectivity index (χ1n) is 2.48. The summed E-state index contributed by atoms with van der Waals surface area (Å²) in [5, 5.41) is 0.00815. The van der Waals surface area contributed by atoms with Crippen molar-refractivity contribution >= 4 is 23.9 Å². The molecule has 0 aliphatic heterocycles. The second-order valence-electron chi connectivity index (χ2n) is 1.46. The number of carbonyl (C=O) groups excluding carboxylic acids is 2. The highest BCUT2D eigenvalue weighted by atomic mass is 32.1. The van der Waals surface area contributed by atoms with Gasteiger partial charge in [0.05, 0.1) is 0 Å². The zero-order valence-electron chi connectivity index (χ0n) is 5.18. The van der Waals surface area contributed by atoms with E-state index in [0.29, 0.717) is 0 Å². The zero-order chi connectivity index (χ0) is 8.27. The van der Waals surface area contributed by atoms with Gasteiger partial charge in [-0.15, -0.1) is 0 Å². The molecule has 6 nitrogen and oxygen atoms in total. The molecule has 1 rings (SSSR count). The summed E-state index contributed by atoms with van der Waals surface area (Å²) in [6.07, 6.45) is 0. The third-order valence-corrected chi connectivity index (χ3v) is 1.38. The lowest BCUT2D eigenvalue weighted by Gasteiger charge is -1.83. The van der Waals surface area contributed by atoms with E-state index >= 15 is 0 Å². The van der Waals surface area contributed by atoms with Crippen LogP contribution in [-0.4, -0.2) is 21.7 Å². The van der Waals surface area contributed by atoms with Crippen molar-refractivity contribution in [3.05, 3.63) is 5.82 Å². The largest absolute Gasteiger partial charge is 0.399 e. The van der Waals surface area contributed by atoms with Crippen molar-refractivity contribution < 1.29 is 14.3 Å². The Bertz CT molecular complexity index is 284. The van der Waals surface area contributed by atoms with Crippen molar-refractivity contribution in [1.82, 2.24) is 9.36 Å². The number of amides is 1. The molecule has 0 bridgehead atoms. The van der Waals surface area contributed by atoms with Gasteiger partial charge >= 0.3 is 5.19 Å². The molecule has 0 unspecified atom stereocenters. The smallest absolute Gasteiger partial charge is 0.301 e. The van der Waals surface area contributed by atoms with Crippen LogP contribution in [0.2, 0.25) is 0 Å². The quantitative estimate of drug-likeness (QED) is 0.602. The van der Waals surface area contributed by atoms with Gasteiger partial charge in [-0.05, 0) is 0 Å². The molecule has 0 aliphatic carbocycles. The molecule has 0 spiro atoms. The lowest BCUT2D eigenvalue weighted by molar-refractivity contribution is -0.120. The van der Waals surface area contributed by atoms with Gasteiger partial charge in [0.25, 0.3) is 12.4 Å². The summed E-state index contributed by atoms with van der Waals surface area (Å²) in [6.45, 7) is 0.200. The molecule has 58 valence electrons. The summed E-state index contributed by atoms with van der Waals surface area (Å²) in [5.74, 6) is -0.895. The second-order valence-corrected chi connectivity index (χ2v) is 2.18. The molecular formula is C4H3N3O3S. The summed E-state index contributed by atoms with van der Waals surface area (Å²) in [4.78, 5) is 23.6. The Morgan fingerprint density at radius 3 is 2.91 bits per heavy atom. The van der Waals surface area contributed by atoms with Crippen LogP contribution >= 0.6 is 11.5 Å². The summed E-state index contributed by atoms with van der Waals surface area (Å²) in [7, 11) is 0. The zero-order valence-corrected chi connectivity index (χ0v) is 6.00. The molecule has 1 amide bonds. The molecule has 2 N–H and O–H groups in total. The molecule has 1 aromatic rings. The Morgan fingerprint density at radius 1 is 1.73 bits per heavy atom. The number of aromatic nitrogens is 2. The van der Waals surface area contributed by atoms with Gasteiger partial charge in [0.1, 0.15) is 0 Å². The third-order valence-electron chi connectivity index (χ3n) is 0.777. The third kappa shape index (κ3) is 1.71. The van der Waals surface area contributed by atoms with Crippen LogP contribution in [0.5, 0.6) is 5.19 Å². The highest BCUT2D eigenvalue weighted by molar-refractivity contribution is 7.07. The maximum Gasteiger partial charge on any atom is 0.301 e. The molecule has 1 aromatic heterocycles. The van der Waals surface area contributed by atoms with Gasteiger partial charge in [-0.1, -0.05) is 0 Å². The minimum absolute atomic E-state index is 0.00815. The molecule has 0 radical (unpaired) electrons. The van der Waals surface area contributed by atoms with Gasteiger partial charge in [-0.25, -0.2) is 0 Å². The van der Waals surface area contributed by atoms with Crippen molar-refractivity contribution in [3.63, 3.8) is 0 Å². The maximum absolute atomic E-state index is 10.4. The molecule has 0 fully saturated rings. The number of rotatable bonds is 3. The van der Waals surface area contributed by atoms with Crippen molar-refractivity contribution in [2.24, 2.45) is 5.73 Å². The Balaban J connectivity index is 2.81. The molecule has 0 aromatic carbocycles. The molecule has 1 heterocycles. The SMILES string of the molecule is NC(=O)c1nsc(OC=O)n1. The fraction of sp³-hybridized carbons (Fsp3) is 0. The van der Waals surface area contributed by atoms with E-state index in [2.05, 4.69) is 14.1 Å². The topological polar surface area (TPSA) is 95.2 Å². The molecule has 0 saturated heterocycles. The van der Waals surface area contributed by atoms with Crippen LogP contribution in [0.4, 0.5) is 0 Å². The first-order chi connectivity index (χ1) is 5.24. The van der Waals surface area contributed by atoms with Gasteiger partial charge in [0.15, 0.2) is 0 Å². The van der Waals surface area contributed by atoms with Gasteiger partial charge in [0, 0.05) is 11.5 Å². The van der Waals surface area contributed by atoms with Crippen LogP contribution in [0.1, 0.15) is 10.6 Å². The number of primary amides is 1. The predicted octanol–water partition coefficient (Wildman–Crippen LogP) is -0.828. The number of hydrogen-bond donors (Lipinski definition) is 1. The second kappa shape index (κ2) is 3.06. The van der Waals surface area contributed by atoms with Crippen LogP contribution in [0.3, 0.4) is 0 Å². The van der Waals surface area contributed by atoms with E-state index in [1.807, 2.05) is 0 Å². The predicted molar refractivity (Wildman–Crippen MR) is 35.1 cm³/mol. The normalized spacial score (nSPS) is 9.09. The van der Waals surface area contributed by atoms with E-state index in [4.69, 9.17) is 5.73 Å². The van der Waals surface area contributed by atoms with Gasteiger partial charge < -0.3 is 10.5 Å². The van der Waals surface area contributed by atoms with E-state index < -0.39 is 5.91 Å².